The smallest absolute Gasteiger partial charge is 0.200 e. The third-order valence-corrected chi connectivity index (χ3v) is 1.77. The number of allylic oxidation sites excluding steroid dienone is 2. The van der Waals surface area contributed by atoms with Gasteiger partial charge in [0, 0.05) is 19.2 Å². The van der Waals surface area contributed by atoms with Crippen LogP contribution in [0.5, 0.6) is 0 Å². The standard InChI is InChI=1S/C8H14N2/c1-3-10-7-5-4-6-8(10)9-2/h4-6,9H,3,7H2,1-2H3/p+1. The molecule has 0 amide bonds. The Balaban J connectivity index is 2.61. The summed E-state index contributed by atoms with van der Waals surface area (Å²) < 4.78 is 0. The minimum Gasteiger partial charge on any atom is -0.325 e. The lowest BCUT2D eigenvalue weighted by Crippen LogP contribution is -2.80. The highest BCUT2D eigenvalue weighted by Crippen LogP contribution is 2.00. The van der Waals surface area contributed by atoms with Crippen LogP contribution in [0, 0.1) is 0 Å². The maximum absolute atomic E-state index is 2.33. The lowest BCUT2D eigenvalue weighted by molar-refractivity contribution is -0.592. The van der Waals surface area contributed by atoms with E-state index in [1.807, 2.05) is 0 Å². The van der Waals surface area contributed by atoms with Crippen LogP contribution in [-0.2, 0) is 0 Å². The van der Waals surface area contributed by atoms with Crippen molar-refractivity contribution in [3.05, 3.63) is 24.0 Å². The molecule has 2 nitrogen and oxygen atoms in total. The van der Waals surface area contributed by atoms with Crippen molar-refractivity contribution in [1.82, 2.24) is 4.90 Å². The molecule has 1 aliphatic rings. The van der Waals surface area contributed by atoms with Gasteiger partial charge in [-0.1, -0.05) is 12.2 Å². The molecule has 0 saturated carbocycles. The first kappa shape index (κ1) is 7.35. The predicted octanol–water partition coefficient (Wildman–Crippen LogP) is -0.0873. The van der Waals surface area contributed by atoms with Gasteiger partial charge in [-0.05, 0) is 6.92 Å². The number of quaternary nitrogens is 1. The summed E-state index contributed by atoms with van der Waals surface area (Å²) in [5, 5.41) is 2.15. The van der Waals surface area contributed by atoms with Gasteiger partial charge < -0.3 is 10.2 Å². The van der Waals surface area contributed by atoms with Gasteiger partial charge in [-0.2, -0.15) is 0 Å². The Morgan fingerprint density at radius 1 is 1.70 bits per heavy atom. The number of rotatable bonds is 2. The highest BCUT2D eigenvalue weighted by Gasteiger charge is 2.08. The molecule has 0 saturated heterocycles. The second-order valence-electron chi connectivity index (χ2n) is 2.35. The lowest BCUT2D eigenvalue weighted by Gasteiger charge is -2.22. The Labute approximate surface area is 62.2 Å². The summed E-state index contributed by atoms with van der Waals surface area (Å²) in [4.78, 5) is 2.33. The molecule has 1 heterocycles. The normalized spacial score (nSPS) is 17.4. The topological polar surface area (TPSA) is 19.9 Å². The van der Waals surface area contributed by atoms with Gasteiger partial charge in [0.1, 0.15) is 0 Å². The Morgan fingerprint density at radius 2 is 2.50 bits per heavy atom. The second-order valence-corrected chi connectivity index (χ2v) is 2.35. The molecule has 10 heavy (non-hydrogen) atoms. The van der Waals surface area contributed by atoms with E-state index in [-0.39, 0.29) is 0 Å². The molecule has 0 bridgehead atoms. The first-order chi connectivity index (χ1) is 4.88. The van der Waals surface area contributed by atoms with Gasteiger partial charge in [-0.15, -0.1) is 0 Å². The zero-order chi connectivity index (χ0) is 7.40. The van der Waals surface area contributed by atoms with E-state index < -0.39 is 0 Å². The van der Waals surface area contributed by atoms with Crippen LogP contribution in [-0.4, -0.2) is 25.0 Å². The van der Waals surface area contributed by atoms with E-state index in [2.05, 4.69) is 42.4 Å². The monoisotopic (exact) mass is 139 g/mol. The number of likely N-dealkylation sites (N-methyl/N-ethyl adjacent to an activating group) is 1. The number of hydrogen-bond donors (Lipinski definition) is 1. The number of hydrogen-bond acceptors (Lipinski definition) is 1. The second kappa shape index (κ2) is 3.42. The molecule has 0 aromatic heterocycles. The van der Waals surface area contributed by atoms with E-state index in [9.17, 15) is 0 Å². The minimum atomic E-state index is 1.06. The van der Waals surface area contributed by atoms with Gasteiger partial charge in [-0.3, -0.25) is 0 Å². The van der Waals surface area contributed by atoms with E-state index in [4.69, 9.17) is 0 Å². The molecule has 0 unspecified atom stereocenters. The van der Waals surface area contributed by atoms with Gasteiger partial charge in [-0.25, -0.2) is 0 Å². The van der Waals surface area contributed by atoms with Crippen LogP contribution < -0.4 is 5.32 Å². The fraction of sp³-hybridized carbons (Fsp3) is 0.500. The van der Waals surface area contributed by atoms with Crippen LogP contribution in [0.2, 0.25) is 0 Å². The summed E-state index contributed by atoms with van der Waals surface area (Å²) in [6.07, 6.45) is 6.44. The van der Waals surface area contributed by atoms with Crippen molar-refractivity contribution in [2.75, 3.05) is 20.1 Å². The van der Waals surface area contributed by atoms with Gasteiger partial charge in [0.2, 0.25) is 5.82 Å². The fourth-order valence-corrected chi connectivity index (χ4v) is 1.16. The van der Waals surface area contributed by atoms with Crippen molar-refractivity contribution in [2.45, 2.75) is 6.92 Å². The van der Waals surface area contributed by atoms with Gasteiger partial charge >= 0.3 is 0 Å². The molecule has 0 radical (unpaired) electrons. The molecule has 0 aromatic carbocycles. The SMILES string of the molecule is CCN1CC=CC=C1[NH2+]C. The molecule has 0 aromatic rings. The van der Waals surface area contributed by atoms with Crippen LogP contribution in [0.1, 0.15) is 6.92 Å². The summed E-state index contributed by atoms with van der Waals surface area (Å²) in [5.74, 6) is 1.34. The number of nitrogens with zero attached hydrogens (tertiary/aromatic N) is 1. The van der Waals surface area contributed by atoms with E-state index in [1.54, 1.807) is 0 Å². The first-order valence-corrected chi connectivity index (χ1v) is 3.79. The molecule has 56 valence electrons. The van der Waals surface area contributed by atoms with Crippen molar-refractivity contribution in [2.24, 2.45) is 0 Å². The van der Waals surface area contributed by atoms with E-state index in [0.29, 0.717) is 0 Å². The third kappa shape index (κ3) is 1.39. The van der Waals surface area contributed by atoms with Crippen LogP contribution in [0.15, 0.2) is 24.0 Å². The van der Waals surface area contributed by atoms with E-state index in [0.717, 1.165) is 13.1 Å². The average Bonchev–Trinajstić information content (AvgIpc) is 2.04. The summed E-state index contributed by atoms with van der Waals surface area (Å²) in [5.41, 5.74) is 0. The molecular formula is C8H15N2+. The summed E-state index contributed by atoms with van der Waals surface area (Å²) >= 11 is 0. The lowest BCUT2D eigenvalue weighted by atomic mass is 10.3. The summed E-state index contributed by atoms with van der Waals surface area (Å²) in [6.45, 7) is 4.34. The van der Waals surface area contributed by atoms with Crippen LogP contribution in [0.3, 0.4) is 0 Å². The highest BCUT2D eigenvalue weighted by atomic mass is 15.2. The molecule has 1 aliphatic heterocycles. The van der Waals surface area contributed by atoms with Crippen molar-refractivity contribution < 1.29 is 5.32 Å². The quantitative estimate of drug-likeness (QED) is 0.567. The average molecular weight is 139 g/mol. The molecular weight excluding hydrogens is 124 g/mol. The van der Waals surface area contributed by atoms with Crippen molar-refractivity contribution >= 4 is 0 Å². The molecule has 0 spiro atoms. The van der Waals surface area contributed by atoms with Crippen LogP contribution >= 0.6 is 0 Å². The Hall–Kier alpha value is -0.760. The highest BCUT2D eigenvalue weighted by molar-refractivity contribution is 5.11. The van der Waals surface area contributed by atoms with Gasteiger partial charge in [0.15, 0.2) is 0 Å². The largest absolute Gasteiger partial charge is 0.325 e. The number of nitrogens with two attached hydrogens (primary N) is 1. The predicted molar refractivity (Wildman–Crippen MR) is 42.3 cm³/mol. The maximum atomic E-state index is 2.33. The van der Waals surface area contributed by atoms with E-state index >= 15 is 0 Å². The summed E-state index contributed by atoms with van der Waals surface area (Å²) in [7, 11) is 2.08. The van der Waals surface area contributed by atoms with Gasteiger partial charge in [0.25, 0.3) is 0 Å². The van der Waals surface area contributed by atoms with Crippen molar-refractivity contribution in [3.8, 4) is 0 Å². The zero-order valence-corrected chi connectivity index (χ0v) is 6.67. The van der Waals surface area contributed by atoms with Crippen molar-refractivity contribution in [1.29, 1.82) is 0 Å². The van der Waals surface area contributed by atoms with Gasteiger partial charge in [0.05, 0.1) is 7.05 Å². The maximum Gasteiger partial charge on any atom is 0.200 e. The van der Waals surface area contributed by atoms with Crippen LogP contribution in [0.25, 0.3) is 0 Å². The van der Waals surface area contributed by atoms with Crippen molar-refractivity contribution in [3.63, 3.8) is 0 Å². The van der Waals surface area contributed by atoms with E-state index in [1.165, 1.54) is 5.82 Å². The zero-order valence-electron chi connectivity index (χ0n) is 6.67. The first-order valence-electron chi connectivity index (χ1n) is 3.79. The fourth-order valence-electron chi connectivity index (χ4n) is 1.16. The molecule has 0 fully saturated rings. The molecule has 1 rings (SSSR count). The Kier molecular flexibility index (Phi) is 2.51. The van der Waals surface area contributed by atoms with Crippen LogP contribution in [0.4, 0.5) is 0 Å². The molecule has 2 N–H and O–H groups in total. The molecule has 2 heteroatoms. The third-order valence-electron chi connectivity index (χ3n) is 1.77. The molecule has 0 aliphatic carbocycles. The molecule has 0 atom stereocenters. The summed E-state index contributed by atoms with van der Waals surface area (Å²) in [6, 6.07) is 0. The minimum absolute atomic E-state index is 1.06. The Morgan fingerprint density at radius 3 is 3.00 bits per heavy atom. The Bertz CT molecular complexity index is 159.